The second kappa shape index (κ2) is 1.91. The van der Waals surface area contributed by atoms with E-state index in [9.17, 15) is 4.21 Å². The molecule has 1 aliphatic heterocycles. The van der Waals surface area contributed by atoms with E-state index in [0.717, 1.165) is 0 Å². The van der Waals surface area contributed by atoms with Gasteiger partial charge < -0.3 is 4.18 Å². The Bertz CT molecular complexity index is 263. The summed E-state index contributed by atoms with van der Waals surface area (Å²) in [6, 6.07) is 0. The Balaban J connectivity index is 2.51. The van der Waals surface area contributed by atoms with Gasteiger partial charge >= 0.3 is 11.3 Å². The second-order valence-electron chi connectivity index (χ2n) is 1.66. The highest BCUT2D eigenvalue weighted by Gasteiger charge is 2.18. The van der Waals surface area contributed by atoms with Gasteiger partial charge in [-0.25, -0.2) is 4.98 Å². The lowest BCUT2D eigenvalue weighted by atomic mass is 10.5. The standard InChI is InChI=1S/C4H3N3O2S/c8-10-7-3-1-5-2-6-4(3)9-10/h1-2,7H. The Hall–Kier alpha value is -1.17. The van der Waals surface area contributed by atoms with Crippen LogP contribution in [0.5, 0.6) is 5.88 Å². The second-order valence-corrected chi connectivity index (χ2v) is 2.50. The first-order valence-electron chi connectivity index (χ1n) is 2.53. The fourth-order valence-electron chi connectivity index (χ4n) is 0.637. The van der Waals surface area contributed by atoms with Crippen LogP contribution < -0.4 is 8.91 Å². The topological polar surface area (TPSA) is 64.1 Å². The molecule has 1 aromatic rings. The molecule has 0 radical (unpaired) electrons. The number of nitrogens with one attached hydrogen (secondary N) is 1. The van der Waals surface area contributed by atoms with Crippen molar-refractivity contribution in [2.45, 2.75) is 0 Å². The van der Waals surface area contributed by atoms with E-state index in [-0.39, 0.29) is 0 Å². The monoisotopic (exact) mass is 157 g/mol. The molecule has 1 N–H and O–H groups in total. The number of anilines is 1. The molecule has 1 aromatic heterocycles. The van der Waals surface area contributed by atoms with E-state index in [4.69, 9.17) is 4.18 Å². The SMILES string of the molecule is O=S1Nc2cncnc2O1. The van der Waals surface area contributed by atoms with Crippen molar-refractivity contribution in [3.05, 3.63) is 12.5 Å². The summed E-state index contributed by atoms with van der Waals surface area (Å²) in [7, 11) is 0. The number of hydrogen-bond donors (Lipinski definition) is 1. The van der Waals surface area contributed by atoms with Crippen molar-refractivity contribution >= 4 is 17.0 Å². The molecule has 0 aromatic carbocycles. The van der Waals surface area contributed by atoms with E-state index in [1.165, 1.54) is 12.5 Å². The zero-order chi connectivity index (χ0) is 6.97. The van der Waals surface area contributed by atoms with Crippen LogP contribution in [0, 0.1) is 0 Å². The first-order valence-corrected chi connectivity index (χ1v) is 3.60. The van der Waals surface area contributed by atoms with Gasteiger partial charge in [-0.1, -0.05) is 0 Å². The fraction of sp³-hybridized carbons (Fsp3) is 0. The summed E-state index contributed by atoms with van der Waals surface area (Å²) < 4.78 is 17.8. The molecule has 2 rings (SSSR count). The van der Waals surface area contributed by atoms with Crippen molar-refractivity contribution in [2.24, 2.45) is 0 Å². The molecule has 0 bridgehead atoms. The predicted molar refractivity (Wildman–Crippen MR) is 34.4 cm³/mol. The van der Waals surface area contributed by atoms with Crippen LogP contribution in [0.15, 0.2) is 12.5 Å². The molecule has 1 atom stereocenters. The van der Waals surface area contributed by atoms with Crippen LogP contribution in [0.3, 0.4) is 0 Å². The van der Waals surface area contributed by atoms with Gasteiger partial charge in [0, 0.05) is 0 Å². The van der Waals surface area contributed by atoms with Gasteiger partial charge in [0.05, 0.1) is 6.20 Å². The molecule has 52 valence electrons. The van der Waals surface area contributed by atoms with E-state index < -0.39 is 11.3 Å². The molecular weight excluding hydrogens is 154 g/mol. The van der Waals surface area contributed by atoms with Crippen molar-refractivity contribution < 1.29 is 8.39 Å². The fourth-order valence-corrected chi connectivity index (χ4v) is 1.27. The third-order valence-corrected chi connectivity index (χ3v) is 1.72. The zero-order valence-corrected chi connectivity index (χ0v) is 5.59. The highest BCUT2D eigenvalue weighted by Crippen LogP contribution is 2.25. The van der Waals surface area contributed by atoms with Gasteiger partial charge in [0.2, 0.25) is 0 Å². The average molecular weight is 157 g/mol. The Kier molecular flexibility index (Phi) is 1.07. The number of aromatic nitrogens is 2. The predicted octanol–water partition coefficient (Wildman–Crippen LogP) is -0.140. The zero-order valence-electron chi connectivity index (χ0n) is 4.77. The first kappa shape index (κ1) is 5.60. The first-order chi connectivity index (χ1) is 4.86. The highest BCUT2D eigenvalue weighted by atomic mass is 32.2. The molecule has 0 spiro atoms. The van der Waals surface area contributed by atoms with Crippen LogP contribution in [-0.4, -0.2) is 14.2 Å². The Morgan fingerprint density at radius 3 is 3.40 bits per heavy atom. The number of rotatable bonds is 0. The van der Waals surface area contributed by atoms with Crippen molar-refractivity contribution in [1.82, 2.24) is 9.97 Å². The molecule has 0 aliphatic carbocycles. The quantitative estimate of drug-likeness (QED) is 0.569. The molecule has 0 saturated carbocycles. The van der Waals surface area contributed by atoms with Gasteiger partial charge in [-0.15, -0.1) is 0 Å². The van der Waals surface area contributed by atoms with Crippen LogP contribution in [0.2, 0.25) is 0 Å². The van der Waals surface area contributed by atoms with Gasteiger partial charge in [-0.2, -0.15) is 9.19 Å². The summed E-state index contributed by atoms with van der Waals surface area (Å²) in [5.41, 5.74) is 0.570. The molecule has 5 nitrogen and oxygen atoms in total. The Morgan fingerprint density at radius 1 is 1.70 bits per heavy atom. The van der Waals surface area contributed by atoms with Crippen LogP contribution in [-0.2, 0) is 11.3 Å². The lowest BCUT2D eigenvalue weighted by molar-refractivity contribution is 0.564. The average Bonchev–Trinajstić information content (AvgIpc) is 2.27. The maximum atomic E-state index is 10.6. The third kappa shape index (κ3) is 0.730. The molecule has 0 saturated heterocycles. The van der Waals surface area contributed by atoms with E-state index in [2.05, 4.69) is 14.7 Å². The number of nitrogens with zero attached hydrogens (tertiary/aromatic N) is 2. The van der Waals surface area contributed by atoms with E-state index in [1.807, 2.05) is 0 Å². The van der Waals surface area contributed by atoms with E-state index in [0.29, 0.717) is 11.6 Å². The molecule has 6 heteroatoms. The number of hydrogen-bond acceptors (Lipinski definition) is 4. The van der Waals surface area contributed by atoms with Crippen LogP contribution in [0.4, 0.5) is 5.69 Å². The van der Waals surface area contributed by atoms with Gasteiger partial charge in [-0.3, -0.25) is 4.72 Å². The minimum absolute atomic E-state index is 0.341. The van der Waals surface area contributed by atoms with Crippen molar-refractivity contribution in [1.29, 1.82) is 0 Å². The maximum Gasteiger partial charge on any atom is 0.317 e. The Morgan fingerprint density at radius 2 is 2.60 bits per heavy atom. The van der Waals surface area contributed by atoms with Crippen molar-refractivity contribution in [3.8, 4) is 5.88 Å². The summed E-state index contributed by atoms with van der Waals surface area (Å²) in [6.07, 6.45) is 2.84. The van der Waals surface area contributed by atoms with Gasteiger partial charge in [0.15, 0.2) is 0 Å². The molecular formula is C4H3N3O2S. The van der Waals surface area contributed by atoms with Crippen molar-refractivity contribution in [3.63, 3.8) is 0 Å². The van der Waals surface area contributed by atoms with Crippen molar-refractivity contribution in [2.75, 3.05) is 4.72 Å². The summed E-state index contributed by atoms with van der Waals surface area (Å²) >= 11 is -1.47. The lowest BCUT2D eigenvalue weighted by Gasteiger charge is -1.87. The Labute approximate surface area is 59.2 Å². The smallest absolute Gasteiger partial charge is 0.317 e. The van der Waals surface area contributed by atoms with Crippen LogP contribution in [0.25, 0.3) is 0 Å². The lowest BCUT2D eigenvalue weighted by Crippen LogP contribution is -2.00. The molecule has 10 heavy (non-hydrogen) atoms. The molecule has 2 heterocycles. The summed E-state index contributed by atoms with van der Waals surface area (Å²) in [5.74, 6) is 0.341. The van der Waals surface area contributed by atoms with Crippen LogP contribution >= 0.6 is 0 Å². The largest absolute Gasteiger partial charge is 0.362 e. The number of fused-ring (bicyclic) bond motifs is 1. The molecule has 1 aliphatic rings. The molecule has 0 fully saturated rings. The van der Waals surface area contributed by atoms with Crippen LogP contribution in [0.1, 0.15) is 0 Å². The third-order valence-electron chi connectivity index (χ3n) is 1.02. The highest BCUT2D eigenvalue weighted by molar-refractivity contribution is 7.82. The molecule has 0 amide bonds. The summed E-state index contributed by atoms with van der Waals surface area (Å²) in [5, 5.41) is 0. The van der Waals surface area contributed by atoms with Gasteiger partial charge in [-0.05, 0) is 0 Å². The maximum absolute atomic E-state index is 10.6. The van der Waals surface area contributed by atoms with Gasteiger partial charge in [0.1, 0.15) is 12.0 Å². The minimum atomic E-state index is -1.47. The minimum Gasteiger partial charge on any atom is -0.362 e. The summed E-state index contributed by atoms with van der Waals surface area (Å²) in [4.78, 5) is 7.42. The van der Waals surface area contributed by atoms with Gasteiger partial charge in [0.25, 0.3) is 5.88 Å². The molecule has 1 unspecified atom stereocenters. The normalized spacial score (nSPS) is 21.0. The van der Waals surface area contributed by atoms with E-state index >= 15 is 0 Å². The van der Waals surface area contributed by atoms with E-state index in [1.54, 1.807) is 0 Å². The summed E-state index contributed by atoms with van der Waals surface area (Å²) in [6.45, 7) is 0.